The first-order chi connectivity index (χ1) is 18.1. The Balaban J connectivity index is 1.41. The first kappa shape index (κ1) is 24.2. The van der Waals surface area contributed by atoms with E-state index in [1.54, 1.807) is 29.2 Å². The van der Waals surface area contributed by atoms with Crippen LogP contribution in [-0.4, -0.2) is 63.7 Å². The summed E-state index contributed by atoms with van der Waals surface area (Å²) >= 11 is 0. The van der Waals surface area contributed by atoms with Crippen LogP contribution >= 0.6 is 0 Å². The number of nitrogens with zero attached hydrogens (tertiary/aromatic N) is 8. The lowest BCUT2D eigenvalue weighted by atomic mass is 9.90. The van der Waals surface area contributed by atoms with Crippen LogP contribution < -0.4 is 5.32 Å². The van der Waals surface area contributed by atoms with Gasteiger partial charge in [0.05, 0.1) is 37.7 Å². The lowest BCUT2D eigenvalue weighted by molar-refractivity contribution is 0.00521. The van der Waals surface area contributed by atoms with Crippen LogP contribution in [-0.2, 0) is 20.9 Å². The molecule has 0 aliphatic carbocycles. The quantitative estimate of drug-likeness (QED) is 0.191. The van der Waals surface area contributed by atoms with Crippen molar-refractivity contribution < 1.29 is 23.5 Å². The van der Waals surface area contributed by atoms with Crippen molar-refractivity contribution in [3.05, 3.63) is 76.4 Å². The van der Waals surface area contributed by atoms with Crippen LogP contribution in [0.5, 0.6) is 0 Å². The Morgan fingerprint density at radius 1 is 1.30 bits per heavy atom. The number of hydrogen-bond acceptors (Lipinski definition) is 9. The monoisotopic (exact) mass is 507 g/mol. The fraction of sp³-hybridized carbons (Fsp3) is 0.348. The molecule has 1 amide bonds. The van der Waals surface area contributed by atoms with Crippen molar-refractivity contribution in [2.24, 2.45) is 10.3 Å². The van der Waals surface area contributed by atoms with Gasteiger partial charge >= 0.3 is 6.09 Å². The summed E-state index contributed by atoms with van der Waals surface area (Å²) in [6, 6.07) is 7.37. The zero-order valence-corrected chi connectivity index (χ0v) is 19.5. The third-order valence-electron chi connectivity index (χ3n) is 5.90. The van der Waals surface area contributed by atoms with Gasteiger partial charge in [0.1, 0.15) is 17.6 Å². The molecule has 0 radical (unpaired) electrons. The average molecular weight is 507 g/mol. The van der Waals surface area contributed by atoms with Gasteiger partial charge in [-0.1, -0.05) is 27.6 Å². The number of amides is 1. The largest absolute Gasteiger partial charge is 0.442 e. The van der Waals surface area contributed by atoms with E-state index in [-0.39, 0.29) is 32.4 Å². The van der Waals surface area contributed by atoms with E-state index in [2.05, 4.69) is 35.8 Å². The van der Waals surface area contributed by atoms with Gasteiger partial charge in [-0.3, -0.25) is 4.98 Å². The number of ether oxygens (including phenoxy) is 2. The summed E-state index contributed by atoms with van der Waals surface area (Å²) in [5.74, 6) is -0.454. The number of alkyl carbamates (subject to hydrolysis) is 1. The molecule has 2 aliphatic heterocycles. The molecule has 2 aromatic heterocycles. The predicted molar refractivity (Wildman–Crippen MR) is 127 cm³/mol. The molecule has 0 saturated carbocycles. The van der Waals surface area contributed by atoms with E-state index in [9.17, 15) is 9.18 Å². The zero-order valence-electron chi connectivity index (χ0n) is 19.5. The highest BCUT2D eigenvalue weighted by molar-refractivity contribution is 6.05. The summed E-state index contributed by atoms with van der Waals surface area (Å²) in [5.41, 5.74) is 11.4. The Kier molecular flexibility index (Phi) is 7.19. The molecule has 3 atom stereocenters. The molecule has 1 fully saturated rings. The molecular formula is C23H22FN9O4. The van der Waals surface area contributed by atoms with Crippen molar-refractivity contribution in [2.45, 2.75) is 31.2 Å². The van der Waals surface area contributed by atoms with Gasteiger partial charge in [0, 0.05) is 35.8 Å². The molecular weight excluding hydrogens is 485 g/mol. The minimum Gasteiger partial charge on any atom is -0.442 e. The van der Waals surface area contributed by atoms with Crippen LogP contribution in [0.4, 0.5) is 9.18 Å². The van der Waals surface area contributed by atoms with E-state index < -0.39 is 24.1 Å². The van der Waals surface area contributed by atoms with Crippen molar-refractivity contribution in [2.75, 3.05) is 19.8 Å². The predicted octanol–water partition coefficient (Wildman–Crippen LogP) is 3.15. The molecule has 1 saturated heterocycles. The number of halogens is 1. The summed E-state index contributed by atoms with van der Waals surface area (Å²) < 4.78 is 27.0. The Labute approximate surface area is 209 Å². The maximum atomic E-state index is 14.5. The summed E-state index contributed by atoms with van der Waals surface area (Å²) in [7, 11) is 0. The number of nitrogens with one attached hydrogen (secondary N) is 1. The van der Waals surface area contributed by atoms with Gasteiger partial charge in [-0.2, -0.15) is 0 Å². The van der Waals surface area contributed by atoms with Gasteiger partial charge in [-0.25, -0.2) is 13.9 Å². The summed E-state index contributed by atoms with van der Waals surface area (Å²) in [4.78, 5) is 24.9. The second-order valence-electron chi connectivity index (χ2n) is 8.32. The van der Waals surface area contributed by atoms with Crippen molar-refractivity contribution >= 4 is 11.8 Å². The first-order valence-corrected chi connectivity index (χ1v) is 11.5. The summed E-state index contributed by atoms with van der Waals surface area (Å²) in [5, 5.41) is 18.2. The molecule has 37 heavy (non-hydrogen) atoms. The van der Waals surface area contributed by atoms with Gasteiger partial charge in [0.15, 0.2) is 6.10 Å². The van der Waals surface area contributed by atoms with Crippen LogP contribution in [0.25, 0.3) is 21.6 Å². The second kappa shape index (κ2) is 11.0. The van der Waals surface area contributed by atoms with Gasteiger partial charge in [-0.15, -0.1) is 5.10 Å². The highest BCUT2D eigenvalue weighted by Gasteiger charge is 2.38. The molecule has 190 valence electrons. The number of hydrogen-bond donors (Lipinski definition) is 1. The SMILES string of the molecule is [N-]=[N+]=NCCOC[C@@H]1CC(c2ncccc2-c2ccc(F)cc2C2NC(=O)OC2Cn2ccnn2)=NO1. The highest BCUT2D eigenvalue weighted by Crippen LogP contribution is 2.36. The molecule has 1 aromatic carbocycles. The third-order valence-corrected chi connectivity index (χ3v) is 5.90. The summed E-state index contributed by atoms with van der Waals surface area (Å²) in [6.07, 6.45) is 3.70. The van der Waals surface area contributed by atoms with Gasteiger partial charge in [-0.05, 0) is 34.9 Å². The number of azide groups is 1. The maximum absolute atomic E-state index is 14.5. The number of benzene rings is 1. The van der Waals surface area contributed by atoms with Crippen LogP contribution in [0.1, 0.15) is 23.7 Å². The average Bonchev–Trinajstić information content (AvgIpc) is 3.66. The molecule has 2 unspecified atom stereocenters. The maximum Gasteiger partial charge on any atom is 0.408 e. The number of rotatable bonds is 10. The van der Waals surface area contributed by atoms with Gasteiger partial charge in [0.25, 0.3) is 0 Å². The lowest BCUT2D eigenvalue weighted by Crippen LogP contribution is -2.27. The second-order valence-corrected chi connectivity index (χ2v) is 8.32. The highest BCUT2D eigenvalue weighted by atomic mass is 19.1. The van der Waals surface area contributed by atoms with Crippen molar-refractivity contribution in [1.82, 2.24) is 25.3 Å². The number of carbonyl (C=O) groups excluding carboxylic acids is 1. The molecule has 0 bridgehead atoms. The molecule has 3 aromatic rings. The van der Waals surface area contributed by atoms with Crippen LogP contribution in [0.3, 0.4) is 0 Å². The molecule has 4 heterocycles. The smallest absolute Gasteiger partial charge is 0.408 e. The lowest BCUT2D eigenvalue weighted by Gasteiger charge is -2.21. The Bertz CT molecular complexity index is 1340. The zero-order chi connectivity index (χ0) is 25.6. The van der Waals surface area contributed by atoms with Crippen molar-refractivity contribution in [3.63, 3.8) is 0 Å². The van der Waals surface area contributed by atoms with E-state index in [1.807, 2.05) is 6.07 Å². The van der Waals surface area contributed by atoms with E-state index >= 15 is 0 Å². The van der Waals surface area contributed by atoms with Crippen molar-refractivity contribution in [3.8, 4) is 11.1 Å². The normalized spacial score (nSPS) is 20.5. The molecule has 5 rings (SSSR count). The van der Waals surface area contributed by atoms with Crippen LogP contribution in [0, 0.1) is 5.82 Å². The topological polar surface area (TPSA) is 162 Å². The summed E-state index contributed by atoms with van der Waals surface area (Å²) in [6.45, 7) is 1.01. The molecule has 2 aliphatic rings. The first-order valence-electron chi connectivity index (χ1n) is 11.5. The van der Waals surface area contributed by atoms with Crippen LogP contribution in [0.2, 0.25) is 0 Å². The fourth-order valence-electron chi connectivity index (χ4n) is 4.31. The van der Waals surface area contributed by atoms with Crippen LogP contribution in [0.15, 0.2) is 59.2 Å². The van der Waals surface area contributed by atoms with E-state index in [0.717, 1.165) is 0 Å². The van der Waals surface area contributed by atoms with E-state index in [0.29, 0.717) is 34.5 Å². The standard InChI is InChI=1S/C23H22FN9O4/c24-14-3-4-16(18(10-14)22-20(36-23(34)29-22)12-33-8-6-28-32-33)17-2-1-5-26-21(17)19-11-15(37-30-19)13-35-9-7-27-31-25/h1-6,8,10,15,20,22H,7,9,11-13H2,(H,29,34)/t15-,20?,22?/m0/s1. The number of aromatic nitrogens is 4. The third kappa shape index (κ3) is 5.50. The Morgan fingerprint density at radius 3 is 3.05 bits per heavy atom. The number of pyridine rings is 1. The minimum atomic E-state index is -0.645. The molecule has 13 nitrogen and oxygen atoms in total. The molecule has 0 spiro atoms. The fourth-order valence-corrected chi connectivity index (χ4v) is 4.31. The number of carbonyl (C=O) groups is 1. The van der Waals surface area contributed by atoms with E-state index in [1.165, 1.54) is 18.3 Å². The number of cyclic esters (lactones) is 1. The molecule has 1 N–H and O–H groups in total. The van der Waals surface area contributed by atoms with Gasteiger partial charge < -0.3 is 19.6 Å². The minimum absolute atomic E-state index is 0.230. The number of oxime groups is 1. The van der Waals surface area contributed by atoms with Gasteiger partial charge in [0.2, 0.25) is 0 Å². The Morgan fingerprint density at radius 2 is 2.22 bits per heavy atom. The molecule has 14 heteroatoms. The van der Waals surface area contributed by atoms with Crippen molar-refractivity contribution in [1.29, 1.82) is 0 Å². The Hall–Kier alpha value is -4.55. The van der Waals surface area contributed by atoms with E-state index in [4.69, 9.17) is 19.8 Å².